The summed E-state index contributed by atoms with van der Waals surface area (Å²) in [6.07, 6.45) is 6.28. The zero-order valence-corrected chi connectivity index (χ0v) is 13.6. The predicted molar refractivity (Wildman–Crippen MR) is 86.2 cm³/mol. The molecule has 0 aromatic carbocycles. The van der Waals surface area contributed by atoms with Crippen LogP contribution >= 0.6 is 23.7 Å². The second-order valence-electron chi connectivity index (χ2n) is 5.56. The highest BCUT2D eigenvalue weighted by Gasteiger charge is 2.27. The summed E-state index contributed by atoms with van der Waals surface area (Å²) in [7, 11) is 0. The SMILES string of the molecule is Cl.NC(C(=O)Nc1nc2c(s1)CCCC2)C1CCOCC1. The van der Waals surface area contributed by atoms with Crippen LogP contribution < -0.4 is 11.1 Å². The number of thiazole rings is 1. The summed E-state index contributed by atoms with van der Waals surface area (Å²) in [5.41, 5.74) is 7.23. The topological polar surface area (TPSA) is 77.2 Å². The van der Waals surface area contributed by atoms with Crippen LogP contribution in [-0.4, -0.2) is 30.1 Å². The van der Waals surface area contributed by atoms with Gasteiger partial charge in [0.05, 0.1) is 11.7 Å². The van der Waals surface area contributed by atoms with Crippen LogP contribution in [0.25, 0.3) is 0 Å². The minimum Gasteiger partial charge on any atom is -0.381 e. The first-order valence-corrected chi connectivity index (χ1v) is 8.18. The second-order valence-corrected chi connectivity index (χ2v) is 6.64. The van der Waals surface area contributed by atoms with E-state index in [2.05, 4.69) is 10.3 Å². The number of fused-ring (bicyclic) bond motifs is 1. The molecule has 1 fully saturated rings. The van der Waals surface area contributed by atoms with Crippen LogP contribution in [0, 0.1) is 5.92 Å². The number of anilines is 1. The highest BCUT2D eigenvalue weighted by molar-refractivity contribution is 7.15. The summed E-state index contributed by atoms with van der Waals surface area (Å²) in [6.45, 7) is 1.41. The van der Waals surface area contributed by atoms with E-state index in [1.54, 1.807) is 11.3 Å². The van der Waals surface area contributed by atoms with Crippen molar-refractivity contribution in [3.05, 3.63) is 10.6 Å². The fraction of sp³-hybridized carbons (Fsp3) is 0.714. The van der Waals surface area contributed by atoms with Crippen molar-refractivity contribution >= 4 is 34.8 Å². The normalized spacial score (nSPS) is 20.2. The highest BCUT2D eigenvalue weighted by atomic mass is 35.5. The lowest BCUT2D eigenvalue weighted by atomic mass is 9.92. The molecule has 0 radical (unpaired) electrons. The van der Waals surface area contributed by atoms with Crippen LogP contribution in [0.15, 0.2) is 0 Å². The molecule has 3 N–H and O–H groups in total. The van der Waals surface area contributed by atoms with Gasteiger partial charge in [0, 0.05) is 18.1 Å². The molecule has 0 saturated carbocycles. The van der Waals surface area contributed by atoms with Gasteiger partial charge in [0.25, 0.3) is 0 Å². The Balaban J connectivity index is 0.00000161. The zero-order chi connectivity index (χ0) is 13.9. The van der Waals surface area contributed by atoms with Crippen molar-refractivity contribution in [2.45, 2.75) is 44.6 Å². The molecule has 0 bridgehead atoms. The Morgan fingerprint density at radius 1 is 1.33 bits per heavy atom. The maximum Gasteiger partial charge on any atom is 0.243 e. The van der Waals surface area contributed by atoms with Crippen molar-refractivity contribution in [2.75, 3.05) is 18.5 Å². The van der Waals surface area contributed by atoms with Crippen LogP contribution in [0.3, 0.4) is 0 Å². The zero-order valence-electron chi connectivity index (χ0n) is 12.0. The number of hydrogen-bond acceptors (Lipinski definition) is 5. The first-order chi connectivity index (χ1) is 9.74. The van der Waals surface area contributed by atoms with Gasteiger partial charge >= 0.3 is 0 Å². The molecule has 7 heteroatoms. The summed E-state index contributed by atoms with van der Waals surface area (Å²) in [5, 5.41) is 3.61. The Hall–Kier alpha value is -0.690. The van der Waals surface area contributed by atoms with Gasteiger partial charge in [-0.25, -0.2) is 4.98 Å². The number of nitrogens with zero attached hydrogens (tertiary/aromatic N) is 1. The van der Waals surface area contributed by atoms with Gasteiger partial charge in [0.15, 0.2) is 5.13 Å². The Labute approximate surface area is 135 Å². The number of ether oxygens (including phenoxy) is 1. The average Bonchev–Trinajstić information content (AvgIpc) is 2.89. The van der Waals surface area contributed by atoms with Crippen LogP contribution in [0.5, 0.6) is 0 Å². The molecule has 1 aromatic heterocycles. The van der Waals surface area contributed by atoms with Crippen molar-refractivity contribution in [3.63, 3.8) is 0 Å². The lowest BCUT2D eigenvalue weighted by molar-refractivity contribution is -0.119. The van der Waals surface area contributed by atoms with E-state index < -0.39 is 6.04 Å². The summed E-state index contributed by atoms with van der Waals surface area (Å²) >= 11 is 1.60. The Bertz CT molecular complexity index is 465. The fourth-order valence-corrected chi connectivity index (χ4v) is 3.94. The summed E-state index contributed by atoms with van der Waals surface area (Å²) in [4.78, 5) is 18.1. The number of carbonyl (C=O) groups excluding carboxylic acids is 1. The van der Waals surface area contributed by atoms with E-state index in [1.165, 1.54) is 17.7 Å². The molecule has 2 heterocycles. The largest absolute Gasteiger partial charge is 0.381 e. The van der Waals surface area contributed by atoms with Gasteiger partial charge in [0.2, 0.25) is 5.91 Å². The molecule has 21 heavy (non-hydrogen) atoms. The predicted octanol–water partition coefficient (Wildman–Crippen LogP) is 2.14. The fourth-order valence-electron chi connectivity index (χ4n) is 2.88. The van der Waals surface area contributed by atoms with Crippen molar-refractivity contribution in [1.82, 2.24) is 4.98 Å². The second kappa shape index (κ2) is 7.54. The average molecular weight is 332 g/mol. The number of nitrogens with one attached hydrogen (secondary N) is 1. The van der Waals surface area contributed by atoms with Crippen molar-refractivity contribution in [3.8, 4) is 0 Å². The van der Waals surface area contributed by atoms with E-state index in [4.69, 9.17) is 10.5 Å². The highest BCUT2D eigenvalue weighted by Crippen LogP contribution is 2.29. The van der Waals surface area contributed by atoms with E-state index in [9.17, 15) is 4.79 Å². The van der Waals surface area contributed by atoms with Gasteiger partial charge in [-0.2, -0.15) is 0 Å². The van der Waals surface area contributed by atoms with E-state index >= 15 is 0 Å². The molecule has 0 spiro atoms. The van der Waals surface area contributed by atoms with Gasteiger partial charge in [-0.1, -0.05) is 0 Å². The quantitative estimate of drug-likeness (QED) is 0.889. The molecule has 1 amide bonds. The van der Waals surface area contributed by atoms with Gasteiger partial charge in [-0.15, -0.1) is 23.7 Å². The number of carbonyl (C=O) groups is 1. The lowest BCUT2D eigenvalue weighted by Gasteiger charge is -2.26. The monoisotopic (exact) mass is 331 g/mol. The Morgan fingerprint density at radius 2 is 2.05 bits per heavy atom. The third-order valence-corrected chi connectivity index (χ3v) is 5.23. The van der Waals surface area contributed by atoms with Crippen molar-refractivity contribution < 1.29 is 9.53 Å². The molecule has 3 rings (SSSR count). The molecule has 1 saturated heterocycles. The van der Waals surface area contributed by atoms with Crippen LogP contribution in [-0.2, 0) is 22.4 Å². The maximum absolute atomic E-state index is 12.2. The summed E-state index contributed by atoms with van der Waals surface area (Å²) in [5.74, 6) is 0.112. The molecule has 5 nitrogen and oxygen atoms in total. The van der Waals surface area contributed by atoms with E-state index in [0.717, 1.165) is 31.4 Å². The molecular weight excluding hydrogens is 310 g/mol. The number of nitrogens with two attached hydrogens (primary N) is 1. The Morgan fingerprint density at radius 3 is 2.76 bits per heavy atom. The minimum atomic E-state index is -0.458. The molecule has 1 aromatic rings. The molecular formula is C14H22ClN3O2S. The summed E-state index contributed by atoms with van der Waals surface area (Å²) in [6, 6.07) is -0.458. The first-order valence-electron chi connectivity index (χ1n) is 7.37. The number of hydrogen-bond donors (Lipinski definition) is 2. The molecule has 2 aliphatic rings. The number of rotatable bonds is 3. The van der Waals surface area contributed by atoms with Crippen molar-refractivity contribution in [1.29, 1.82) is 0 Å². The lowest BCUT2D eigenvalue weighted by Crippen LogP contribution is -2.43. The molecule has 1 aliphatic heterocycles. The van der Waals surface area contributed by atoms with Crippen LogP contribution in [0.2, 0.25) is 0 Å². The van der Waals surface area contributed by atoms with E-state index in [0.29, 0.717) is 18.3 Å². The van der Waals surface area contributed by atoms with Crippen LogP contribution in [0.4, 0.5) is 5.13 Å². The smallest absolute Gasteiger partial charge is 0.243 e. The number of aromatic nitrogens is 1. The number of halogens is 1. The maximum atomic E-state index is 12.2. The third kappa shape index (κ3) is 3.94. The third-order valence-electron chi connectivity index (χ3n) is 4.15. The van der Waals surface area contributed by atoms with Gasteiger partial charge in [-0.05, 0) is 44.4 Å². The minimum absolute atomic E-state index is 0. The van der Waals surface area contributed by atoms with Gasteiger partial charge in [0.1, 0.15) is 0 Å². The molecule has 1 aliphatic carbocycles. The first kappa shape index (κ1) is 16.7. The van der Waals surface area contributed by atoms with E-state index in [-0.39, 0.29) is 24.2 Å². The molecule has 118 valence electrons. The number of aryl methyl sites for hydroxylation is 2. The number of amides is 1. The Kier molecular flexibility index (Phi) is 5.98. The summed E-state index contributed by atoms with van der Waals surface area (Å²) < 4.78 is 5.31. The van der Waals surface area contributed by atoms with Gasteiger partial charge < -0.3 is 15.8 Å². The van der Waals surface area contributed by atoms with Crippen LogP contribution in [0.1, 0.15) is 36.3 Å². The standard InChI is InChI=1S/C14H21N3O2S.ClH/c15-12(9-5-7-19-8-6-9)13(18)17-14-16-10-3-1-2-4-11(10)20-14;/h9,12H,1-8,15H2,(H,16,17,18);1H. The van der Waals surface area contributed by atoms with E-state index in [1.807, 2.05) is 0 Å². The molecule has 1 atom stereocenters. The molecule has 1 unspecified atom stereocenters. The van der Waals surface area contributed by atoms with Crippen molar-refractivity contribution in [2.24, 2.45) is 11.7 Å². The van der Waals surface area contributed by atoms with Gasteiger partial charge in [-0.3, -0.25) is 4.79 Å².